The molecule has 0 aromatic heterocycles. The molecule has 0 saturated carbocycles. The van der Waals surface area contributed by atoms with E-state index in [0.29, 0.717) is 22.3 Å². The predicted molar refractivity (Wildman–Crippen MR) is 181 cm³/mol. The smallest absolute Gasteiger partial charge is 0.264 e. The molecule has 4 aromatic rings. The van der Waals surface area contributed by atoms with Crippen molar-refractivity contribution < 1.29 is 18.0 Å². The number of sulfonamides is 1. The van der Waals surface area contributed by atoms with Gasteiger partial charge in [0, 0.05) is 29.6 Å². The Morgan fingerprint density at radius 1 is 0.778 bits per heavy atom. The fourth-order valence-electron chi connectivity index (χ4n) is 4.74. The van der Waals surface area contributed by atoms with Gasteiger partial charge in [0.15, 0.2) is 0 Å². The highest BCUT2D eigenvalue weighted by Crippen LogP contribution is 2.26. The Kier molecular flexibility index (Phi) is 11.7. The van der Waals surface area contributed by atoms with Gasteiger partial charge in [0.2, 0.25) is 11.8 Å². The van der Waals surface area contributed by atoms with Crippen LogP contribution in [0.4, 0.5) is 5.69 Å². The largest absolute Gasteiger partial charge is 0.354 e. The first-order chi connectivity index (χ1) is 21.4. The summed E-state index contributed by atoms with van der Waals surface area (Å²) in [6, 6.07) is 28.2. The zero-order valence-electron chi connectivity index (χ0n) is 25.5. The van der Waals surface area contributed by atoms with E-state index in [1.165, 1.54) is 29.2 Å². The van der Waals surface area contributed by atoms with Crippen molar-refractivity contribution in [2.75, 3.05) is 17.4 Å². The molecular weight excluding hydrogens is 629 g/mol. The second-order valence-corrected chi connectivity index (χ2v) is 14.0. The van der Waals surface area contributed by atoms with Crippen LogP contribution in [0.1, 0.15) is 30.5 Å². The van der Waals surface area contributed by atoms with Crippen LogP contribution < -0.4 is 9.62 Å². The molecule has 0 fully saturated rings. The molecule has 0 bridgehead atoms. The molecule has 0 heterocycles. The number of hydrogen-bond donors (Lipinski definition) is 1. The van der Waals surface area contributed by atoms with Crippen LogP contribution in [-0.2, 0) is 32.6 Å². The van der Waals surface area contributed by atoms with Crippen molar-refractivity contribution in [1.29, 1.82) is 0 Å². The summed E-state index contributed by atoms with van der Waals surface area (Å²) in [6.07, 6.45) is 0.235. The first-order valence-electron chi connectivity index (χ1n) is 14.6. The Morgan fingerprint density at radius 3 is 1.93 bits per heavy atom. The predicted octanol–water partition coefficient (Wildman–Crippen LogP) is 6.91. The van der Waals surface area contributed by atoms with Crippen LogP contribution in [0, 0.1) is 12.8 Å². The second-order valence-electron chi connectivity index (χ2n) is 11.3. The summed E-state index contributed by atoms with van der Waals surface area (Å²) in [7, 11) is -4.21. The Bertz CT molecular complexity index is 1680. The van der Waals surface area contributed by atoms with Crippen molar-refractivity contribution >= 4 is 50.7 Å². The molecule has 0 aliphatic heterocycles. The Labute approximate surface area is 275 Å². The Balaban J connectivity index is 1.79. The molecule has 7 nitrogen and oxygen atoms in total. The number of benzene rings is 4. The van der Waals surface area contributed by atoms with Gasteiger partial charge in [-0.2, -0.15) is 0 Å². The molecule has 2 amide bonds. The maximum Gasteiger partial charge on any atom is 0.264 e. The third-order valence-corrected chi connectivity index (χ3v) is 9.52. The number of anilines is 1. The molecule has 0 spiro atoms. The van der Waals surface area contributed by atoms with Gasteiger partial charge in [0.05, 0.1) is 10.6 Å². The summed E-state index contributed by atoms with van der Waals surface area (Å²) in [4.78, 5) is 29.7. The number of amides is 2. The number of nitrogens with zero attached hydrogens (tertiary/aromatic N) is 2. The maximum absolute atomic E-state index is 14.5. The van der Waals surface area contributed by atoms with Gasteiger partial charge in [-0.1, -0.05) is 97.2 Å². The molecule has 0 saturated heterocycles. The van der Waals surface area contributed by atoms with Gasteiger partial charge in [-0.05, 0) is 72.5 Å². The van der Waals surface area contributed by atoms with Crippen molar-refractivity contribution in [3.05, 3.63) is 130 Å². The molecule has 0 unspecified atom stereocenters. The fraction of sp³-hybridized carbons (Fsp3) is 0.257. The second kappa shape index (κ2) is 15.4. The van der Waals surface area contributed by atoms with Gasteiger partial charge >= 0.3 is 0 Å². The van der Waals surface area contributed by atoms with Crippen molar-refractivity contribution in [1.82, 2.24) is 10.2 Å². The van der Waals surface area contributed by atoms with Crippen molar-refractivity contribution in [2.24, 2.45) is 5.92 Å². The normalized spacial score (nSPS) is 12.0. The number of carbonyl (C=O) groups excluding carboxylic acids is 2. The van der Waals surface area contributed by atoms with Crippen LogP contribution in [0.25, 0.3) is 0 Å². The van der Waals surface area contributed by atoms with Crippen LogP contribution in [0.2, 0.25) is 10.0 Å². The molecule has 0 radical (unpaired) electrons. The lowest BCUT2D eigenvalue weighted by molar-refractivity contribution is -0.140. The highest BCUT2D eigenvalue weighted by Gasteiger charge is 2.34. The average molecular weight is 667 g/mol. The maximum atomic E-state index is 14.5. The number of aryl methyl sites for hydroxylation is 1. The minimum atomic E-state index is -4.21. The van der Waals surface area contributed by atoms with Crippen molar-refractivity contribution in [3.63, 3.8) is 0 Å². The van der Waals surface area contributed by atoms with Crippen LogP contribution in [0.15, 0.2) is 108 Å². The highest BCUT2D eigenvalue weighted by atomic mass is 35.5. The first kappa shape index (κ1) is 34.0. The minimum Gasteiger partial charge on any atom is -0.354 e. The van der Waals surface area contributed by atoms with Crippen molar-refractivity contribution in [3.8, 4) is 0 Å². The molecule has 0 aliphatic carbocycles. The number of halogens is 2. The standard InChI is InChI=1S/C35H37Cl2N3O4S/c1-25(2)22-38-35(42)33(21-27-7-5-4-6-8-27)39(23-28-11-13-29(36)14-12-28)34(41)24-40(31-17-9-26(3)10-18-31)45(43,44)32-19-15-30(37)16-20-32/h4-20,25,33H,21-24H2,1-3H3,(H,38,42)/t33-/m0/s1. The van der Waals surface area contributed by atoms with E-state index in [1.54, 1.807) is 48.5 Å². The molecule has 1 atom stereocenters. The van der Waals surface area contributed by atoms with E-state index in [4.69, 9.17) is 23.2 Å². The van der Waals surface area contributed by atoms with Gasteiger partial charge in [-0.15, -0.1) is 0 Å². The van der Waals surface area contributed by atoms with Gasteiger partial charge in [0.1, 0.15) is 12.6 Å². The number of nitrogens with one attached hydrogen (secondary N) is 1. The fourth-order valence-corrected chi connectivity index (χ4v) is 6.40. The first-order valence-corrected chi connectivity index (χ1v) is 16.8. The lowest BCUT2D eigenvalue weighted by Crippen LogP contribution is -2.53. The van der Waals surface area contributed by atoms with Crippen molar-refractivity contribution in [2.45, 2.75) is 44.7 Å². The van der Waals surface area contributed by atoms with Crippen LogP contribution in [-0.4, -0.2) is 44.3 Å². The average Bonchev–Trinajstić information content (AvgIpc) is 3.02. The molecule has 1 N–H and O–H groups in total. The summed E-state index contributed by atoms with van der Waals surface area (Å²) in [5, 5.41) is 3.91. The third-order valence-electron chi connectivity index (χ3n) is 7.22. The number of carbonyl (C=O) groups is 2. The third kappa shape index (κ3) is 9.33. The van der Waals surface area contributed by atoms with E-state index in [2.05, 4.69) is 5.32 Å². The lowest BCUT2D eigenvalue weighted by atomic mass is 10.0. The lowest BCUT2D eigenvalue weighted by Gasteiger charge is -2.34. The van der Waals surface area contributed by atoms with E-state index in [1.807, 2.05) is 51.1 Å². The van der Waals surface area contributed by atoms with Gasteiger partial charge in [0.25, 0.3) is 10.0 Å². The van der Waals surface area contributed by atoms with Gasteiger partial charge in [-0.3, -0.25) is 13.9 Å². The molecule has 45 heavy (non-hydrogen) atoms. The van der Waals surface area contributed by atoms with Gasteiger partial charge in [-0.25, -0.2) is 8.42 Å². The highest BCUT2D eigenvalue weighted by molar-refractivity contribution is 7.92. The molecular formula is C35H37Cl2N3O4S. The quantitative estimate of drug-likeness (QED) is 0.168. The summed E-state index contributed by atoms with van der Waals surface area (Å²) >= 11 is 12.2. The topological polar surface area (TPSA) is 86.8 Å². The minimum absolute atomic E-state index is 0.0139. The zero-order chi connectivity index (χ0) is 32.6. The summed E-state index contributed by atoms with van der Waals surface area (Å²) < 4.78 is 29.2. The van der Waals surface area contributed by atoms with Gasteiger partial charge < -0.3 is 10.2 Å². The van der Waals surface area contributed by atoms with Crippen LogP contribution in [0.3, 0.4) is 0 Å². The molecule has 0 aliphatic rings. The molecule has 4 rings (SSSR count). The summed E-state index contributed by atoms with van der Waals surface area (Å²) in [5.41, 5.74) is 2.85. The summed E-state index contributed by atoms with van der Waals surface area (Å²) in [6.45, 7) is 5.82. The SMILES string of the molecule is Cc1ccc(N(CC(=O)N(Cc2ccc(Cl)cc2)[C@@H](Cc2ccccc2)C(=O)NCC(C)C)S(=O)(=O)c2ccc(Cl)cc2)cc1. The Morgan fingerprint density at radius 2 is 1.36 bits per heavy atom. The number of hydrogen-bond acceptors (Lipinski definition) is 4. The van der Waals surface area contributed by atoms with E-state index >= 15 is 0 Å². The Hall–Kier alpha value is -3.85. The molecule has 4 aromatic carbocycles. The van der Waals surface area contributed by atoms with Crippen LogP contribution >= 0.6 is 23.2 Å². The summed E-state index contributed by atoms with van der Waals surface area (Å²) in [5.74, 6) is -0.672. The molecule has 236 valence electrons. The zero-order valence-corrected chi connectivity index (χ0v) is 27.8. The monoisotopic (exact) mass is 665 g/mol. The van der Waals surface area contributed by atoms with E-state index in [0.717, 1.165) is 21.0 Å². The number of rotatable bonds is 13. The van der Waals surface area contributed by atoms with Crippen LogP contribution in [0.5, 0.6) is 0 Å². The molecule has 10 heteroatoms. The van der Waals surface area contributed by atoms with E-state index in [-0.39, 0.29) is 29.7 Å². The van der Waals surface area contributed by atoms with E-state index < -0.39 is 28.5 Å². The van der Waals surface area contributed by atoms with E-state index in [9.17, 15) is 18.0 Å².